The second-order valence-corrected chi connectivity index (χ2v) is 6.13. The highest BCUT2D eigenvalue weighted by molar-refractivity contribution is 5.87. The molecule has 2 aromatic rings. The molecule has 2 N–H and O–H groups in total. The van der Waals surface area contributed by atoms with Crippen molar-refractivity contribution in [1.82, 2.24) is 4.98 Å². The van der Waals surface area contributed by atoms with E-state index in [1.807, 2.05) is 12.1 Å². The first-order valence-corrected chi connectivity index (χ1v) is 6.98. The third kappa shape index (κ3) is 3.73. The number of aromatic carboxylic acids is 1. The summed E-state index contributed by atoms with van der Waals surface area (Å²) in [6, 6.07) is 8.66. The molecule has 0 aliphatic heterocycles. The highest BCUT2D eigenvalue weighted by Crippen LogP contribution is 2.28. The van der Waals surface area contributed by atoms with E-state index in [0.29, 0.717) is 11.3 Å². The number of carboxylic acids is 1. The minimum Gasteiger partial charge on any atom is -0.507 e. The van der Waals surface area contributed by atoms with E-state index in [9.17, 15) is 9.90 Å². The summed E-state index contributed by atoms with van der Waals surface area (Å²) in [5.74, 6) is -0.801. The number of hydrogen-bond donors (Lipinski definition) is 2. The molecule has 1 aromatic heterocycles. The molecule has 0 unspecified atom stereocenters. The van der Waals surface area contributed by atoms with Crippen molar-refractivity contribution in [2.45, 2.75) is 26.2 Å². The van der Waals surface area contributed by atoms with Crippen molar-refractivity contribution in [2.24, 2.45) is 0 Å². The monoisotopic (exact) mass is 297 g/mol. The van der Waals surface area contributed by atoms with Gasteiger partial charge in [-0.1, -0.05) is 26.8 Å². The van der Waals surface area contributed by atoms with E-state index in [0.717, 1.165) is 5.56 Å². The molecular formula is C18H19NO3. The zero-order chi connectivity index (χ0) is 16.3. The van der Waals surface area contributed by atoms with Crippen LogP contribution in [0.1, 0.15) is 48.0 Å². The SMILES string of the molecule is CC(C)(C)c1ccc(O)c(/C=C/c2ccc(C(=O)O)cn2)c1. The minimum atomic E-state index is -1.00. The van der Waals surface area contributed by atoms with Gasteiger partial charge in [0.1, 0.15) is 5.75 Å². The summed E-state index contributed by atoms with van der Waals surface area (Å²) in [4.78, 5) is 14.8. The van der Waals surface area contributed by atoms with Crippen LogP contribution in [0.4, 0.5) is 0 Å². The summed E-state index contributed by atoms with van der Waals surface area (Å²) < 4.78 is 0. The minimum absolute atomic E-state index is 0.00231. The average Bonchev–Trinajstić information content (AvgIpc) is 2.45. The summed E-state index contributed by atoms with van der Waals surface area (Å²) >= 11 is 0. The van der Waals surface area contributed by atoms with Crippen molar-refractivity contribution in [3.63, 3.8) is 0 Å². The molecule has 4 heteroatoms. The van der Waals surface area contributed by atoms with Gasteiger partial charge in [0, 0.05) is 11.8 Å². The topological polar surface area (TPSA) is 70.4 Å². The highest BCUT2D eigenvalue weighted by Gasteiger charge is 2.14. The summed E-state index contributed by atoms with van der Waals surface area (Å²) in [6.07, 6.45) is 4.83. The van der Waals surface area contributed by atoms with Crippen LogP contribution >= 0.6 is 0 Å². The lowest BCUT2D eigenvalue weighted by molar-refractivity contribution is 0.0696. The summed E-state index contributed by atoms with van der Waals surface area (Å²) in [7, 11) is 0. The first-order chi connectivity index (χ1) is 10.3. The number of phenols is 1. The van der Waals surface area contributed by atoms with Crippen LogP contribution in [-0.2, 0) is 5.41 Å². The van der Waals surface area contributed by atoms with Gasteiger partial charge in [-0.05, 0) is 47.4 Å². The number of phenolic OH excluding ortho intramolecular Hbond substituents is 1. The lowest BCUT2D eigenvalue weighted by atomic mass is 9.86. The Morgan fingerprint density at radius 3 is 2.41 bits per heavy atom. The first-order valence-electron chi connectivity index (χ1n) is 6.98. The maximum atomic E-state index is 10.8. The number of carbonyl (C=O) groups is 1. The molecule has 1 heterocycles. The smallest absolute Gasteiger partial charge is 0.337 e. The molecule has 0 spiro atoms. The molecule has 114 valence electrons. The molecule has 0 aliphatic rings. The fourth-order valence-corrected chi connectivity index (χ4v) is 1.96. The first kappa shape index (κ1) is 15.8. The van der Waals surface area contributed by atoms with Crippen LogP contribution in [0.3, 0.4) is 0 Å². The van der Waals surface area contributed by atoms with Crippen LogP contribution < -0.4 is 0 Å². The van der Waals surface area contributed by atoms with Crippen LogP contribution in [0.5, 0.6) is 5.75 Å². The Hall–Kier alpha value is -2.62. The summed E-state index contributed by atoms with van der Waals surface area (Å²) in [5, 5.41) is 18.8. The van der Waals surface area contributed by atoms with Crippen LogP contribution in [-0.4, -0.2) is 21.2 Å². The van der Waals surface area contributed by atoms with Crippen molar-refractivity contribution in [1.29, 1.82) is 0 Å². The standard InChI is InChI=1S/C18H19NO3/c1-18(2,3)14-6-9-16(20)12(10-14)4-7-15-8-5-13(11-19-15)17(21)22/h4-11,20H,1-3H3,(H,21,22)/b7-4+. The Morgan fingerprint density at radius 1 is 1.14 bits per heavy atom. The van der Waals surface area contributed by atoms with E-state index in [4.69, 9.17) is 5.11 Å². The fourth-order valence-electron chi connectivity index (χ4n) is 1.96. The third-order valence-electron chi connectivity index (χ3n) is 3.36. The van der Waals surface area contributed by atoms with E-state index < -0.39 is 5.97 Å². The van der Waals surface area contributed by atoms with Crippen molar-refractivity contribution in [2.75, 3.05) is 0 Å². The molecule has 0 atom stereocenters. The fraction of sp³-hybridized carbons (Fsp3) is 0.222. The van der Waals surface area contributed by atoms with Gasteiger partial charge in [0.25, 0.3) is 0 Å². The predicted molar refractivity (Wildman–Crippen MR) is 86.9 cm³/mol. The molecular weight excluding hydrogens is 278 g/mol. The zero-order valence-corrected chi connectivity index (χ0v) is 12.9. The van der Waals surface area contributed by atoms with Gasteiger partial charge < -0.3 is 10.2 Å². The van der Waals surface area contributed by atoms with Gasteiger partial charge >= 0.3 is 5.97 Å². The van der Waals surface area contributed by atoms with E-state index in [1.54, 1.807) is 24.3 Å². The molecule has 0 saturated heterocycles. The van der Waals surface area contributed by atoms with Crippen molar-refractivity contribution in [3.8, 4) is 5.75 Å². The summed E-state index contributed by atoms with van der Waals surface area (Å²) in [6.45, 7) is 6.33. The number of hydrogen-bond acceptors (Lipinski definition) is 3. The quantitative estimate of drug-likeness (QED) is 0.899. The van der Waals surface area contributed by atoms with Gasteiger partial charge in [0.05, 0.1) is 11.3 Å². The number of nitrogens with zero attached hydrogens (tertiary/aromatic N) is 1. The molecule has 0 radical (unpaired) electrons. The van der Waals surface area contributed by atoms with Crippen LogP contribution in [0, 0.1) is 0 Å². The Labute approximate surface area is 129 Å². The van der Waals surface area contributed by atoms with Crippen LogP contribution in [0.25, 0.3) is 12.2 Å². The number of carboxylic acid groups (broad SMARTS) is 1. The number of aromatic nitrogens is 1. The van der Waals surface area contributed by atoms with E-state index in [-0.39, 0.29) is 16.7 Å². The van der Waals surface area contributed by atoms with Gasteiger partial charge in [0.2, 0.25) is 0 Å². The predicted octanol–water partition coefficient (Wildman–Crippen LogP) is 3.95. The molecule has 0 fully saturated rings. The Morgan fingerprint density at radius 2 is 1.86 bits per heavy atom. The van der Waals surface area contributed by atoms with E-state index in [1.165, 1.54) is 12.3 Å². The lowest BCUT2D eigenvalue weighted by Gasteiger charge is -2.19. The van der Waals surface area contributed by atoms with Gasteiger partial charge in [-0.2, -0.15) is 0 Å². The van der Waals surface area contributed by atoms with Crippen LogP contribution in [0.15, 0.2) is 36.5 Å². The van der Waals surface area contributed by atoms with Crippen molar-refractivity contribution in [3.05, 3.63) is 58.9 Å². The molecule has 2 rings (SSSR count). The molecule has 1 aromatic carbocycles. The number of pyridine rings is 1. The molecule has 4 nitrogen and oxygen atoms in total. The van der Waals surface area contributed by atoms with Crippen molar-refractivity contribution >= 4 is 18.1 Å². The van der Waals surface area contributed by atoms with Gasteiger partial charge in [-0.3, -0.25) is 4.98 Å². The Kier molecular flexibility index (Phi) is 4.31. The largest absolute Gasteiger partial charge is 0.507 e. The molecule has 0 amide bonds. The lowest BCUT2D eigenvalue weighted by Crippen LogP contribution is -2.10. The molecule has 0 bridgehead atoms. The zero-order valence-electron chi connectivity index (χ0n) is 12.9. The second-order valence-electron chi connectivity index (χ2n) is 6.13. The third-order valence-corrected chi connectivity index (χ3v) is 3.36. The molecule has 22 heavy (non-hydrogen) atoms. The van der Waals surface area contributed by atoms with Gasteiger partial charge in [-0.25, -0.2) is 4.79 Å². The normalized spacial score (nSPS) is 11.8. The van der Waals surface area contributed by atoms with Crippen LogP contribution in [0.2, 0.25) is 0 Å². The number of benzene rings is 1. The van der Waals surface area contributed by atoms with Gasteiger partial charge in [0.15, 0.2) is 0 Å². The Balaban J connectivity index is 2.27. The number of aromatic hydroxyl groups is 1. The van der Waals surface area contributed by atoms with E-state index in [2.05, 4.69) is 25.8 Å². The maximum Gasteiger partial charge on any atom is 0.337 e. The maximum absolute atomic E-state index is 10.8. The second kappa shape index (κ2) is 6.02. The number of rotatable bonds is 3. The van der Waals surface area contributed by atoms with E-state index >= 15 is 0 Å². The highest BCUT2D eigenvalue weighted by atomic mass is 16.4. The Bertz CT molecular complexity index is 710. The summed E-state index contributed by atoms with van der Waals surface area (Å²) in [5.41, 5.74) is 2.61. The van der Waals surface area contributed by atoms with Gasteiger partial charge in [-0.15, -0.1) is 0 Å². The average molecular weight is 297 g/mol. The van der Waals surface area contributed by atoms with Crippen molar-refractivity contribution < 1.29 is 15.0 Å². The molecule has 0 aliphatic carbocycles. The molecule has 0 saturated carbocycles.